The maximum atomic E-state index is 12.5. The lowest BCUT2D eigenvalue weighted by Gasteiger charge is -2.35. The average molecular weight is 478 g/mol. The van der Waals surface area contributed by atoms with Crippen LogP contribution in [0.3, 0.4) is 0 Å². The van der Waals surface area contributed by atoms with Gasteiger partial charge < -0.3 is 14.5 Å². The summed E-state index contributed by atoms with van der Waals surface area (Å²) in [5.74, 6) is 1.43. The summed E-state index contributed by atoms with van der Waals surface area (Å²) in [4.78, 5) is 33.8. The maximum absolute atomic E-state index is 12.5. The van der Waals surface area contributed by atoms with Crippen LogP contribution >= 0.6 is 27.7 Å². The molecule has 154 valence electrons. The predicted octanol–water partition coefficient (Wildman–Crippen LogP) is 3.85. The van der Waals surface area contributed by atoms with Crippen LogP contribution in [0.4, 0.5) is 5.82 Å². The topological polar surface area (TPSA) is 62.7 Å². The van der Waals surface area contributed by atoms with Gasteiger partial charge in [-0.25, -0.2) is 9.78 Å². The van der Waals surface area contributed by atoms with E-state index in [0.717, 1.165) is 29.1 Å². The summed E-state index contributed by atoms with van der Waals surface area (Å²) < 4.78 is 6.04. The second-order valence-electron chi connectivity index (χ2n) is 6.55. The highest BCUT2D eigenvalue weighted by molar-refractivity contribution is 9.10. The Balaban J connectivity index is 1.43. The first kappa shape index (κ1) is 21.6. The van der Waals surface area contributed by atoms with E-state index in [9.17, 15) is 9.59 Å². The first-order valence-electron chi connectivity index (χ1n) is 9.61. The first-order valence-corrected chi connectivity index (χ1v) is 11.4. The van der Waals surface area contributed by atoms with E-state index in [-0.39, 0.29) is 11.9 Å². The summed E-state index contributed by atoms with van der Waals surface area (Å²) in [7, 11) is 0. The monoisotopic (exact) mass is 477 g/mol. The van der Waals surface area contributed by atoms with Crippen molar-refractivity contribution in [1.29, 1.82) is 0 Å². The van der Waals surface area contributed by atoms with Gasteiger partial charge in [-0.3, -0.25) is 4.79 Å². The number of thioether (sulfide) groups is 1. The van der Waals surface area contributed by atoms with Crippen LogP contribution in [0.1, 0.15) is 23.7 Å². The lowest BCUT2D eigenvalue weighted by atomic mass is 10.2. The van der Waals surface area contributed by atoms with E-state index in [4.69, 9.17) is 4.74 Å². The van der Waals surface area contributed by atoms with Crippen LogP contribution in [0.5, 0.6) is 0 Å². The highest BCUT2D eigenvalue weighted by Crippen LogP contribution is 2.22. The van der Waals surface area contributed by atoms with E-state index in [2.05, 4.69) is 37.9 Å². The molecule has 8 heteroatoms. The Morgan fingerprint density at radius 2 is 1.83 bits per heavy atom. The molecule has 1 fully saturated rings. The van der Waals surface area contributed by atoms with Gasteiger partial charge in [0.05, 0.1) is 12.2 Å². The second kappa shape index (κ2) is 10.6. The lowest BCUT2D eigenvalue weighted by molar-refractivity contribution is -0.131. The Hall–Kier alpha value is -2.06. The fourth-order valence-electron chi connectivity index (χ4n) is 3.04. The largest absolute Gasteiger partial charge is 0.462 e. The molecule has 6 nitrogen and oxygen atoms in total. The van der Waals surface area contributed by atoms with Gasteiger partial charge in [0.1, 0.15) is 5.82 Å². The Morgan fingerprint density at radius 3 is 2.45 bits per heavy atom. The van der Waals surface area contributed by atoms with Gasteiger partial charge in [0.25, 0.3) is 0 Å². The van der Waals surface area contributed by atoms with Crippen molar-refractivity contribution < 1.29 is 14.3 Å². The number of esters is 1. The Bertz CT molecular complexity index is 822. The number of benzene rings is 1. The maximum Gasteiger partial charge on any atom is 0.339 e. The SMILES string of the molecule is CCOC(=O)c1ccc(N2CCN(C(=O)CCSc3ccc(Br)cc3)CC2)nc1. The van der Waals surface area contributed by atoms with E-state index >= 15 is 0 Å². The number of anilines is 1. The third-order valence-electron chi connectivity index (χ3n) is 4.61. The van der Waals surface area contributed by atoms with Crippen molar-refractivity contribution in [2.24, 2.45) is 0 Å². The number of carbonyl (C=O) groups is 2. The van der Waals surface area contributed by atoms with Gasteiger partial charge in [-0.1, -0.05) is 15.9 Å². The molecule has 1 amide bonds. The number of amides is 1. The van der Waals surface area contributed by atoms with Crippen molar-refractivity contribution in [3.63, 3.8) is 0 Å². The molecule has 0 bridgehead atoms. The van der Waals surface area contributed by atoms with Crippen molar-refractivity contribution in [3.05, 3.63) is 52.6 Å². The van der Waals surface area contributed by atoms with Crippen molar-refractivity contribution in [3.8, 4) is 0 Å². The van der Waals surface area contributed by atoms with Crippen LogP contribution in [0.2, 0.25) is 0 Å². The zero-order chi connectivity index (χ0) is 20.6. The summed E-state index contributed by atoms with van der Waals surface area (Å²) >= 11 is 5.13. The van der Waals surface area contributed by atoms with E-state index in [1.165, 1.54) is 4.90 Å². The minimum Gasteiger partial charge on any atom is -0.462 e. The van der Waals surface area contributed by atoms with Crippen LogP contribution < -0.4 is 4.90 Å². The molecule has 0 unspecified atom stereocenters. The fourth-order valence-corrected chi connectivity index (χ4v) is 4.14. The molecule has 0 N–H and O–H groups in total. The molecule has 0 spiro atoms. The molecular weight excluding hydrogens is 454 g/mol. The van der Waals surface area contributed by atoms with Gasteiger partial charge in [0, 0.05) is 53.9 Å². The number of hydrogen-bond donors (Lipinski definition) is 0. The minimum absolute atomic E-state index is 0.194. The number of carbonyl (C=O) groups excluding carboxylic acids is 2. The number of pyridine rings is 1. The molecule has 0 radical (unpaired) electrons. The number of piperazine rings is 1. The first-order chi connectivity index (χ1) is 14.1. The third-order valence-corrected chi connectivity index (χ3v) is 6.16. The van der Waals surface area contributed by atoms with E-state index in [1.807, 2.05) is 23.1 Å². The molecule has 1 saturated heterocycles. The normalized spacial score (nSPS) is 14.0. The van der Waals surface area contributed by atoms with Gasteiger partial charge >= 0.3 is 5.97 Å². The number of rotatable bonds is 7. The quantitative estimate of drug-likeness (QED) is 0.445. The summed E-state index contributed by atoms with van der Waals surface area (Å²) in [5.41, 5.74) is 0.452. The lowest BCUT2D eigenvalue weighted by Crippen LogP contribution is -2.49. The summed E-state index contributed by atoms with van der Waals surface area (Å²) in [6.45, 7) is 4.96. The average Bonchev–Trinajstić information content (AvgIpc) is 2.75. The van der Waals surface area contributed by atoms with Crippen LogP contribution in [0.15, 0.2) is 52.0 Å². The van der Waals surface area contributed by atoms with Gasteiger partial charge in [0.15, 0.2) is 0 Å². The Morgan fingerprint density at radius 1 is 1.10 bits per heavy atom. The van der Waals surface area contributed by atoms with E-state index in [0.29, 0.717) is 31.7 Å². The standard InChI is InChI=1S/C21H24BrN3O3S/c1-2-28-21(27)16-3-8-19(23-15-16)24-10-12-25(13-11-24)20(26)9-14-29-18-6-4-17(22)5-7-18/h3-8,15H,2,9-14H2,1H3. The molecule has 1 aromatic carbocycles. The number of nitrogens with zero attached hydrogens (tertiary/aromatic N) is 3. The smallest absolute Gasteiger partial charge is 0.339 e. The molecule has 0 atom stereocenters. The van der Waals surface area contributed by atoms with Crippen molar-refractivity contribution in [2.45, 2.75) is 18.2 Å². The van der Waals surface area contributed by atoms with Gasteiger partial charge in [-0.15, -0.1) is 11.8 Å². The molecule has 29 heavy (non-hydrogen) atoms. The number of halogens is 1. The molecule has 1 aliphatic heterocycles. The number of hydrogen-bond acceptors (Lipinski definition) is 6. The van der Waals surface area contributed by atoms with Crippen LogP contribution in [0.25, 0.3) is 0 Å². The zero-order valence-electron chi connectivity index (χ0n) is 16.3. The predicted molar refractivity (Wildman–Crippen MR) is 118 cm³/mol. The molecule has 1 aliphatic rings. The van der Waals surface area contributed by atoms with E-state index in [1.54, 1.807) is 30.9 Å². The van der Waals surface area contributed by atoms with Gasteiger partial charge in [-0.05, 0) is 43.3 Å². The number of ether oxygens (including phenoxy) is 1. The molecule has 0 aliphatic carbocycles. The minimum atomic E-state index is -0.358. The highest BCUT2D eigenvalue weighted by Gasteiger charge is 2.22. The fraction of sp³-hybridized carbons (Fsp3) is 0.381. The summed E-state index contributed by atoms with van der Waals surface area (Å²) in [6.07, 6.45) is 2.08. The van der Waals surface area contributed by atoms with Crippen LogP contribution in [-0.4, -0.2) is 60.3 Å². The third kappa shape index (κ3) is 6.21. The second-order valence-corrected chi connectivity index (χ2v) is 8.63. The summed E-state index contributed by atoms with van der Waals surface area (Å²) in [5, 5.41) is 0. The van der Waals surface area contributed by atoms with Crippen molar-refractivity contribution in [1.82, 2.24) is 9.88 Å². The highest BCUT2D eigenvalue weighted by atomic mass is 79.9. The molecule has 2 heterocycles. The van der Waals surface area contributed by atoms with Crippen molar-refractivity contribution >= 4 is 45.4 Å². The molecule has 3 rings (SSSR count). The van der Waals surface area contributed by atoms with Crippen LogP contribution in [0, 0.1) is 0 Å². The summed E-state index contributed by atoms with van der Waals surface area (Å²) in [6, 6.07) is 11.7. The Kier molecular flexibility index (Phi) is 7.94. The van der Waals surface area contributed by atoms with Crippen LogP contribution in [-0.2, 0) is 9.53 Å². The molecule has 0 saturated carbocycles. The molecule has 2 aromatic rings. The molecule has 1 aromatic heterocycles. The molecular formula is C21H24BrN3O3S. The van der Waals surface area contributed by atoms with Gasteiger partial charge in [0.2, 0.25) is 5.91 Å². The van der Waals surface area contributed by atoms with Crippen molar-refractivity contribution in [2.75, 3.05) is 43.4 Å². The van der Waals surface area contributed by atoms with Gasteiger partial charge in [-0.2, -0.15) is 0 Å². The Labute approximate surface area is 183 Å². The number of aromatic nitrogens is 1. The van der Waals surface area contributed by atoms with E-state index < -0.39 is 0 Å². The zero-order valence-corrected chi connectivity index (χ0v) is 18.7.